The Bertz CT molecular complexity index is 404. The highest BCUT2D eigenvalue weighted by Crippen LogP contribution is 2.05. The maximum atomic E-state index is 11.3. The van der Waals surface area contributed by atoms with Crippen molar-refractivity contribution in [2.75, 3.05) is 6.61 Å². The van der Waals surface area contributed by atoms with Crippen molar-refractivity contribution >= 4 is 18.3 Å². The van der Waals surface area contributed by atoms with Crippen molar-refractivity contribution in [1.29, 1.82) is 0 Å². The van der Waals surface area contributed by atoms with Gasteiger partial charge in [-0.2, -0.15) is 0 Å². The van der Waals surface area contributed by atoms with E-state index in [9.17, 15) is 9.59 Å². The monoisotopic (exact) mass is 246 g/mol. The molecule has 0 spiro atoms. The third-order valence-electron chi connectivity index (χ3n) is 2.48. The second-order valence-electron chi connectivity index (χ2n) is 3.99. The molecular weight excluding hydrogens is 228 g/mol. The SMILES string of the molecule is CCCCCOC(=O)C=Cc1ccc(C=O)cc1. The molecule has 0 heterocycles. The smallest absolute Gasteiger partial charge is 0.330 e. The molecule has 0 amide bonds. The number of unbranched alkanes of at least 4 members (excludes halogenated alkanes) is 2. The zero-order valence-corrected chi connectivity index (χ0v) is 10.6. The highest BCUT2D eigenvalue weighted by Gasteiger charge is 1.96. The molecule has 0 bridgehead atoms. The van der Waals surface area contributed by atoms with Crippen LogP contribution in [0.2, 0.25) is 0 Å². The van der Waals surface area contributed by atoms with Crippen LogP contribution in [0.5, 0.6) is 0 Å². The fraction of sp³-hybridized carbons (Fsp3) is 0.333. The fourth-order valence-corrected chi connectivity index (χ4v) is 1.42. The zero-order chi connectivity index (χ0) is 13.2. The van der Waals surface area contributed by atoms with E-state index in [1.54, 1.807) is 30.3 Å². The predicted octanol–water partition coefficient (Wildman–Crippen LogP) is 3.25. The number of carbonyl (C=O) groups excluding carboxylic acids is 2. The third kappa shape index (κ3) is 5.43. The molecule has 0 saturated carbocycles. The molecule has 0 aliphatic carbocycles. The van der Waals surface area contributed by atoms with Crippen LogP contribution in [0.25, 0.3) is 6.08 Å². The van der Waals surface area contributed by atoms with E-state index in [1.807, 2.05) is 0 Å². The molecule has 0 aromatic heterocycles. The van der Waals surface area contributed by atoms with Gasteiger partial charge < -0.3 is 4.74 Å². The number of hydrogen-bond donors (Lipinski definition) is 0. The van der Waals surface area contributed by atoms with Crippen LogP contribution in [0.4, 0.5) is 0 Å². The van der Waals surface area contributed by atoms with E-state index in [2.05, 4.69) is 6.92 Å². The summed E-state index contributed by atoms with van der Waals surface area (Å²) < 4.78 is 5.03. The van der Waals surface area contributed by atoms with E-state index in [1.165, 1.54) is 6.08 Å². The second-order valence-corrected chi connectivity index (χ2v) is 3.99. The van der Waals surface area contributed by atoms with Crippen molar-refractivity contribution in [3.63, 3.8) is 0 Å². The van der Waals surface area contributed by atoms with Gasteiger partial charge in [0.2, 0.25) is 0 Å². The van der Waals surface area contributed by atoms with Gasteiger partial charge in [0.1, 0.15) is 6.29 Å². The van der Waals surface area contributed by atoms with Crippen molar-refractivity contribution in [3.05, 3.63) is 41.5 Å². The lowest BCUT2D eigenvalue weighted by atomic mass is 10.1. The molecule has 1 aromatic carbocycles. The summed E-state index contributed by atoms with van der Waals surface area (Å²) >= 11 is 0. The van der Waals surface area contributed by atoms with E-state index in [0.717, 1.165) is 31.1 Å². The molecule has 0 N–H and O–H groups in total. The average molecular weight is 246 g/mol. The number of esters is 1. The topological polar surface area (TPSA) is 43.4 Å². The number of aldehydes is 1. The zero-order valence-electron chi connectivity index (χ0n) is 10.6. The maximum Gasteiger partial charge on any atom is 0.330 e. The minimum absolute atomic E-state index is 0.328. The largest absolute Gasteiger partial charge is 0.463 e. The Morgan fingerprint density at radius 3 is 2.44 bits per heavy atom. The number of benzene rings is 1. The summed E-state index contributed by atoms with van der Waals surface area (Å²) in [5.74, 6) is -0.328. The lowest BCUT2D eigenvalue weighted by Crippen LogP contribution is -2.01. The summed E-state index contributed by atoms with van der Waals surface area (Å²) in [6.45, 7) is 2.58. The van der Waals surface area contributed by atoms with Gasteiger partial charge in [-0.25, -0.2) is 4.79 Å². The van der Waals surface area contributed by atoms with Crippen LogP contribution < -0.4 is 0 Å². The molecule has 0 atom stereocenters. The molecule has 3 heteroatoms. The lowest BCUT2D eigenvalue weighted by Gasteiger charge is -2.00. The van der Waals surface area contributed by atoms with Gasteiger partial charge >= 0.3 is 5.97 Å². The molecule has 1 aromatic rings. The highest BCUT2D eigenvalue weighted by molar-refractivity contribution is 5.87. The van der Waals surface area contributed by atoms with Gasteiger partial charge in [0, 0.05) is 11.6 Å². The van der Waals surface area contributed by atoms with Crippen LogP contribution in [-0.4, -0.2) is 18.9 Å². The van der Waals surface area contributed by atoms with Crippen LogP contribution in [0.15, 0.2) is 30.3 Å². The molecule has 0 fully saturated rings. The van der Waals surface area contributed by atoms with Crippen LogP contribution in [0.3, 0.4) is 0 Å². The Morgan fingerprint density at radius 2 is 1.83 bits per heavy atom. The van der Waals surface area contributed by atoms with Gasteiger partial charge in [0.15, 0.2) is 0 Å². The molecule has 0 aliphatic heterocycles. The fourth-order valence-electron chi connectivity index (χ4n) is 1.42. The van der Waals surface area contributed by atoms with Crippen LogP contribution in [-0.2, 0) is 9.53 Å². The van der Waals surface area contributed by atoms with Gasteiger partial charge in [0.25, 0.3) is 0 Å². The maximum absolute atomic E-state index is 11.3. The highest BCUT2D eigenvalue weighted by atomic mass is 16.5. The van der Waals surface area contributed by atoms with Crippen LogP contribution in [0, 0.1) is 0 Å². The van der Waals surface area contributed by atoms with Gasteiger partial charge in [-0.15, -0.1) is 0 Å². The number of carbonyl (C=O) groups is 2. The van der Waals surface area contributed by atoms with E-state index < -0.39 is 0 Å². The van der Waals surface area contributed by atoms with Crippen molar-refractivity contribution < 1.29 is 14.3 Å². The minimum atomic E-state index is -0.328. The predicted molar refractivity (Wildman–Crippen MR) is 71.3 cm³/mol. The van der Waals surface area contributed by atoms with Gasteiger partial charge in [-0.05, 0) is 18.1 Å². The average Bonchev–Trinajstić information content (AvgIpc) is 2.42. The summed E-state index contributed by atoms with van der Waals surface area (Å²) in [7, 11) is 0. The number of hydrogen-bond acceptors (Lipinski definition) is 3. The van der Waals surface area contributed by atoms with E-state index in [-0.39, 0.29) is 5.97 Å². The van der Waals surface area contributed by atoms with Gasteiger partial charge in [0.05, 0.1) is 6.61 Å². The molecular formula is C15H18O3. The molecule has 0 radical (unpaired) electrons. The molecule has 0 unspecified atom stereocenters. The summed E-state index contributed by atoms with van der Waals surface area (Å²) in [5, 5.41) is 0. The Kier molecular flexibility index (Phi) is 6.47. The standard InChI is InChI=1S/C15H18O3/c1-2-3-4-11-18-15(17)10-9-13-5-7-14(12-16)8-6-13/h5-10,12H,2-4,11H2,1H3. The van der Waals surface area contributed by atoms with Gasteiger partial charge in [-0.1, -0.05) is 44.0 Å². The Labute approximate surface area is 107 Å². The van der Waals surface area contributed by atoms with Crippen molar-refractivity contribution in [2.24, 2.45) is 0 Å². The molecule has 0 aliphatic rings. The van der Waals surface area contributed by atoms with Crippen LogP contribution >= 0.6 is 0 Å². The lowest BCUT2D eigenvalue weighted by molar-refractivity contribution is -0.137. The molecule has 1 rings (SSSR count). The summed E-state index contributed by atoms with van der Waals surface area (Å²) in [4.78, 5) is 21.8. The summed E-state index contributed by atoms with van der Waals surface area (Å²) in [5.41, 5.74) is 1.49. The number of rotatable bonds is 7. The van der Waals surface area contributed by atoms with Crippen molar-refractivity contribution in [3.8, 4) is 0 Å². The van der Waals surface area contributed by atoms with E-state index in [4.69, 9.17) is 4.74 Å². The molecule has 0 saturated heterocycles. The first-order valence-corrected chi connectivity index (χ1v) is 6.16. The molecule has 18 heavy (non-hydrogen) atoms. The Hall–Kier alpha value is -1.90. The normalized spacial score (nSPS) is 10.5. The van der Waals surface area contributed by atoms with Crippen molar-refractivity contribution in [1.82, 2.24) is 0 Å². The Balaban J connectivity index is 2.37. The van der Waals surface area contributed by atoms with Gasteiger partial charge in [-0.3, -0.25) is 4.79 Å². The van der Waals surface area contributed by atoms with Crippen molar-refractivity contribution in [2.45, 2.75) is 26.2 Å². The first kappa shape index (κ1) is 14.2. The quantitative estimate of drug-likeness (QED) is 0.321. The first-order chi connectivity index (χ1) is 8.76. The van der Waals surface area contributed by atoms with Crippen LogP contribution in [0.1, 0.15) is 42.1 Å². The second kappa shape index (κ2) is 8.23. The number of ether oxygens (including phenoxy) is 1. The molecule has 3 nitrogen and oxygen atoms in total. The summed E-state index contributed by atoms with van der Waals surface area (Å²) in [6.07, 6.45) is 6.96. The van der Waals surface area contributed by atoms with E-state index >= 15 is 0 Å². The minimum Gasteiger partial charge on any atom is -0.463 e. The first-order valence-electron chi connectivity index (χ1n) is 6.16. The molecule has 96 valence electrons. The summed E-state index contributed by atoms with van der Waals surface area (Å²) in [6, 6.07) is 6.98. The van der Waals surface area contributed by atoms with E-state index in [0.29, 0.717) is 12.2 Å². The Morgan fingerprint density at radius 1 is 1.17 bits per heavy atom. The third-order valence-corrected chi connectivity index (χ3v) is 2.48.